The molecule has 1 atom stereocenters. The third kappa shape index (κ3) is 2.40. The smallest absolute Gasteiger partial charge is 0.245 e. The number of nitrogens with zero attached hydrogens (tertiary/aromatic N) is 2. The van der Waals surface area contributed by atoms with Gasteiger partial charge in [0.25, 0.3) is 0 Å². The highest BCUT2D eigenvalue weighted by molar-refractivity contribution is 7.89. The molecule has 0 spiro atoms. The molecular formula is C9H14N4O2S. The first-order valence-corrected chi connectivity index (χ1v) is 6.34. The van der Waals surface area contributed by atoms with E-state index < -0.39 is 16.1 Å². The van der Waals surface area contributed by atoms with Gasteiger partial charge in [-0.15, -0.1) is 0 Å². The van der Waals surface area contributed by atoms with Gasteiger partial charge in [-0.25, -0.2) is 8.42 Å². The van der Waals surface area contributed by atoms with Gasteiger partial charge in [0.2, 0.25) is 10.0 Å². The first-order valence-electron chi connectivity index (χ1n) is 4.86. The van der Waals surface area contributed by atoms with E-state index in [1.807, 2.05) is 6.07 Å². The normalized spacial score (nSPS) is 13.4. The molecule has 0 aromatic carbocycles. The summed E-state index contributed by atoms with van der Waals surface area (Å²) in [5, 5.41) is 15.1. The monoisotopic (exact) mass is 242 g/mol. The van der Waals surface area contributed by atoms with Crippen LogP contribution in [0.4, 0.5) is 0 Å². The van der Waals surface area contributed by atoms with Gasteiger partial charge >= 0.3 is 0 Å². The molecule has 0 fully saturated rings. The fourth-order valence-electron chi connectivity index (χ4n) is 1.38. The molecule has 0 saturated heterocycles. The molecule has 0 radical (unpaired) electrons. The molecule has 16 heavy (non-hydrogen) atoms. The second kappa shape index (κ2) is 4.63. The Hall–Kier alpha value is -1.39. The zero-order valence-electron chi connectivity index (χ0n) is 9.40. The highest BCUT2D eigenvalue weighted by Gasteiger charge is 2.24. The Balaban J connectivity index is 3.09. The van der Waals surface area contributed by atoms with E-state index in [9.17, 15) is 8.42 Å². The van der Waals surface area contributed by atoms with Crippen LogP contribution in [0, 0.1) is 25.2 Å². The zero-order valence-corrected chi connectivity index (χ0v) is 10.2. The topological polar surface area (TPSA) is 98.6 Å². The predicted octanol–water partition coefficient (Wildman–Crippen LogP) is 0.607. The van der Waals surface area contributed by atoms with E-state index in [0.717, 1.165) is 0 Å². The van der Waals surface area contributed by atoms with Crippen LogP contribution in [0.3, 0.4) is 0 Å². The highest BCUT2D eigenvalue weighted by atomic mass is 32.2. The van der Waals surface area contributed by atoms with Gasteiger partial charge in [-0.2, -0.15) is 15.1 Å². The summed E-state index contributed by atoms with van der Waals surface area (Å²) in [6, 6.07) is 1.18. The van der Waals surface area contributed by atoms with Crippen LogP contribution < -0.4 is 4.72 Å². The van der Waals surface area contributed by atoms with Crippen molar-refractivity contribution in [2.75, 3.05) is 0 Å². The number of hydrogen-bond acceptors (Lipinski definition) is 4. The summed E-state index contributed by atoms with van der Waals surface area (Å²) in [5.41, 5.74) is 0.871. The Bertz CT molecular complexity index is 493. The average Bonchev–Trinajstić information content (AvgIpc) is 2.55. The largest absolute Gasteiger partial charge is 0.281 e. The zero-order chi connectivity index (χ0) is 12.3. The molecule has 88 valence electrons. The summed E-state index contributed by atoms with van der Waals surface area (Å²) in [6.45, 7) is 4.97. The third-order valence-corrected chi connectivity index (χ3v) is 3.92. The number of H-pyrrole nitrogens is 1. The number of nitriles is 1. The minimum absolute atomic E-state index is 0.126. The van der Waals surface area contributed by atoms with E-state index in [1.165, 1.54) is 0 Å². The van der Waals surface area contributed by atoms with E-state index in [1.54, 1.807) is 20.8 Å². The second-order valence-electron chi connectivity index (χ2n) is 3.47. The molecule has 0 amide bonds. The molecule has 7 heteroatoms. The maximum atomic E-state index is 11.9. The average molecular weight is 242 g/mol. The Labute approximate surface area is 94.7 Å². The van der Waals surface area contributed by atoms with E-state index in [4.69, 9.17) is 5.26 Å². The minimum Gasteiger partial charge on any atom is -0.281 e. The van der Waals surface area contributed by atoms with Gasteiger partial charge < -0.3 is 0 Å². The van der Waals surface area contributed by atoms with Crippen LogP contribution in [-0.2, 0) is 10.0 Å². The number of aromatic amines is 1. The Morgan fingerprint density at radius 2 is 2.19 bits per heavy atom. The lowest BCUT2D eigenvalue weighted by atomic mass is 10.3. The standard InChI is InChI=1S/C9H14N4O2S/c1-4-8(5-10)13-16(14,15)9-6(2)11-12-7(9)3/h8,13H,4H2,1-3H3,(H,11,12). The molecule has 6 nitrogen and oxygen atoms in total. The van der Waals surface area contributed by atoms with Crippen molar-refractivity contribution in [1.29, 1.82) is 5.26 Å². The highest BCUT2D eigenvalue weighted by Crippen LogP contribution is 2.16. The van der Waals surface area contributed by atoms with Gasteiger partial charge in [0.1, 0.15) is 10.9 Å². The SMILES string of the molecule is CCC(C#N)NS(=O)(=O)c1c(C)n[nH]c1C. The van der Waals surface area contributed by atoms with Crippen molar-refractivity contribution in [2.45, 2.75) is 38.1 Å². The Morgan fingerprint density at radius 3 is 2.56 bits per heavy atom. The fourth-order valence-corrected chi connectivity index (χ4v) is 2.98. The summed E-state index contributed by atoms with van der Waals surface area (Å²) in [7, 11) is -3.67. The minimum atomic E-state index is -3.67. The molecule has 1 rings (SSSR count). The van der Waals surface area contributed by atoms with Crippen molar-refractivity contribution in [2.24, 2.45) is 0 Å². The van der Waals surface area contributed by atoms with Gasteiger partial charge in [-0.1, -0.05) is 6.92 Å². The van der Waals surface area contributed by atoms with Crippen LogP contribution in [0.1, 0.15) is 24.7 Å². The van der Waals surface area contributed by atoms with Crippen molar-refractivity contribution in [3.05, 3.63) is 11.4 Å². The van der Waals surface area contributed by atoms with Crippen LogP contribution in [0.15, 0.2) is 4.90 Å². The quantitative estimate of drug-likeness (QED) is 0.808. The van der Waals surface area contributed by atoms with Crippen LogP contribution in [0.2, 0.25) is 0 Å². The lowest BCUT2D eigenvalue weighted by Crippen LogP contribution is -2.33. The lowest BCUT2D eigenvalue weighted by molar-refractivity contribution is 0.568. The number of rotatable bonds is 4. The molecule has 0 aliphatic rings. The maximum Gasteiger partial charge on any atom is 0.245 e. The molecule has 0 aliphatic carbocycles. The third-order valence-electron chi connectivity index (χ3n) is 2.19. The van der Waals surface area contributed by atoms with Crippen molar-refractivity contribution in [1.82, 2.24) is 14.9 Å². The number of aromatic nitrogens is 2. The molecule has 0 aliphatic heterocycles. The lowest BCUT2D eigenvalue weighted by Gasteiger charge is -2.09. The van der Waals surface area contributed by atoms with Crippen molar-refractivity contribution < 1.29 is 8.42 Å². The van der Waals surface area contributed by atoms with Crippen LogP contribution in [0.25, 0.3) is 0 Å². The molecule has 1 aromatic rings. The van der Waals surface area contributed by atoms with Gasteiger partial charge in [0.05, 0.1) is 17.5 Å². The van der Waals surface area contributed by atoms with Crippen molar-refractivity contribution in [3.8, 4) is 6.07 Å². The van der Waals surface area contributed by atoms with Crippen molar-refractivity contribution in [3.63, 3.8) is 0 Å². The number of aryl methyl sites for hydroxylation is 2. The summed E-state index contributed by atoms with van der Waals surface area (Å²) in [4.78, 5) is 0.126. The molecule has 0 saturated carbocycles. The number of nitrogens with one attached hydrogen (secondary N) is 2. The Kier molecular flexibility index (Phi) is 3.67. The summed E-state index contributed by atoms with van der Waals surface area (Å²) in [6.07, 6.45) is 0.422. The van der Waals surface area contributed by atoms with Gasteiger partial charge in [-0.05, 0) is 20.3 Å². The first-order chi connectivity index (χ1) is 7.42. The van der Waals surface area contributed by atoms with Crippen LogP contribution >= 0.6 is 0 Å². The van der Waals surface area contributed by atoms with E-state index in [2.05, 4.69) is 14.9 Å². The summed E-state index contributed by atoms with van der Waals surface area (Å²) in [5.74, 6) is 0. The fraction of sp³-hybridized carbons (Fsp3) is 0.556. The number of sulfonamides is 1. The molecule has 0 bridgehead atoms. The molecule has 2 N–H and O–H groups in total. The first kappa shape index (κ1) is 12.7. The van der Waals surface area contributed by atoms with E-state index >= 15 is 0 Å². The van der Waals surface area contributed by atoms with Gasteiger partial charge in [-0.3, -0.25) is 5.10 Å². The van der Waals surface area contributed by atoms with Crippen molar-refractivity contribution >= 4 is 10.0 Å². The summed E-state index contributed by atoms with van der Waals surface area (Å²) < 4.78 is 26.2. The van der Waals surface area contributed by atoms with E-state index in [-0.39, 0.29) is 4.90 Å². The maximum absolute atomic E-state index is 11.9. The van der Waals surface area contributed by atoms with Gasteiger partial charge in [0, 0.05) is 0 Å². The number of hydrogen-bond donors (Lipinski definition) is 2. The summed E-state index contributed by atoms with van der Waals surface area (Å²) >= 11 is 0. The second-order valence-corrected chi connectivity index (χ2v) is 5.13. The van der Waals surface area contributed by atoms with Gasteiger partial charge in [0.15, 0.2) is 0 Å². The van der Waals surface area contributed by atoms with E-state index in [0.29, 0.717) is 17.8 Å². The van der Waals surface area contributed by atoms with Crippen LogP contribution in [-0.4, -0.2) is 24.7 Å². The predicted molar refractivity (Wildman–Crippen MR) is 58.1 cm³/mol. The Morgan fingerprint density at radius 1 is 1.56 bits per heavy atom. The molecule has 1 heterocycles. The molecule has 1 aromatic heterocycles. The molecular weight excluding hydrogens is 228 g/mol. The van der Waals surface area contributed by atoms with Crippen LogP contribution in [0.5, 0.6) is 0 Å². The molecule has 1 unspecified atom stereocenters.